The van der Waals surface area contributed by atoms with Crippen LogP contribution in [0.15, 0.2) is 36.4 Å². The Morgan fingerprint density at radius 3 is 2.31 bits per heavy atom. The van der Waals surface area contributed by atoms with E-state index in [1.807, 2.05) is 37.3 Å². The number of hydrogen-bond acceptors (Lipinski definition) is 6. The number of rotatable bonds is 1. The molecule has 1 spiro atoms. The molecule has 242 valence electrons. The van der Waals surface area contributed by atoms with E-state index in [9.17, 15) is 28.0 Å². The summed E-state index contributed by atoms with van der Waals surface area (Å²) >= 11 is 0. The summed E-state index contributed by atoms with van der Waals surface area (Å²) in [5.74, 6) is -4.98. The van der Waals surface area contributed by atoms with Gasteiger partial charge in [-0.05, 0) is 63.1 Å². The van der Waals surface area contributed by atoms with Gasteiger partial charge in [0.05, 0.1) is 22.7 Å². The molecule has 3 aliphatic rings. The Labute approximate surface area is 261 Å². The van der Waals surface area contributed by atoms with Gasteiger partial charge in [0.25, 0.3) is 5.91 Å². The van der Waals surface area contributed by atoms with E-state index in [-0.39, 0.29) is 24.7 Å². The van der Waals surface area contributed by atoms with Crippen LogP contribution in [0.2, 0.25) is 0 Å². The average molecular weight is 625 g/mol. The van der Waals surface area contributed by atoms with Gasteiger partial charge in [-0.1, -0.05) is 44.2 Å². The molecular weight excluding hydrogens is 582 g/mol. The maximum Gasteiger partial charge on any atom is 0.258 e. The second kappa shape index (κ2) is 12.8. The molecular formula is C33H42F2N6O4. The van der Waals surface area contributed by atoms with E-state index in [1.54, 1.807) is 32.9 Å². The topological polar surface area (TPSA) is 133 Å². The molecule has 4 amide bonds. The summed E-state index contributed by atoms with van der Waals surface area (Å²) in [7, 11) is 0. The fraction of sp³-hybridized carbons (Fsp3) is 0.545. The molecule has 5 rings (SSSR count). The zero-order chi connectivity index (χ0) is 32.5. The number of aromatic nitrogens is 1. The zero-order valence-corrected chi connectivity index (χ0v) is 26.2. The van der Waals surface area contributed by atoms with Crippen molar-refractivity contribution in [2.75, 3.05) is 6.54 Å². The molecule has 1 aliphatic carbocycles. The molecule has 10 nitrogen and oxygen atoms in total. The third-order valence-corrected chi connectivity index (χ3v) is 9.19. The van der Waals surface area contributed by atoms with E-state index in [4.69, 9.17) is 4.98 Å². The Morgan fingerprint density at radius 2 is 1.60 bits per heavy atom. The summed E-state index contributed by atoms with van der Waals surface area (Å²) in [6.07, 6.45) is 3.46. The lowest BCUT2D eigenvalue weighted by atomic mass is 9.71. The van der Waals surface area contributed by atoms with Crippen LogP contribution in [-0.4, -0.2) is 64.2 Å². The van der Waals surface area contributed by atoms with E-state index >= 15 is 0 Å². The Hall–Kier alpha value is -3.93. The minimum absolute atomic E-state index is 0.0847. The maximum atomic E-state index is 14.3. The van der Waals surface area contributed by atoms with Crippen LogP contribution in [0.1, 0.15) is 83.5 Å². The molecule has 1 aromatic heterocycles. The van der Waals surface area contributed by atoms with Crippen LogP contribution in [0.25, 0.3) is 17.0 Å². The van der Waals surface area contributed by atoms with Crippen molar-refractivity contribution in [1.29, 1.82) is 0 Å². The number of carbonyl (C=O) groups is 4. The third kappa shape index (κ3) is 7.16. The van der Waals surface area contributed by atoms with Crippen molar-refractivity contribution in [3.05, 3.63) is 47.7 Å². The lowest BCUT2D eigenvalue weighted by Gasteiger charge is -2.38. The number of amides is 4. The minimum atomic E-state index is -2.87. The highest BCUT2D eigenvalue weighted by molar-refractivity contribution is 5.94. The van der Waals surface area contributed by atoms with Crippen LogP contribution < -0.4 is 21.4 Å². The van der Waals surface area contributed by atoms with Crippen molar-refractivity contribution in [3.63, 3.8) is 0 Å². The molecule has 0 radical (unpaired) electrons. The quantitative estimate of drug-likeness (QED) is 0.382. The highest BCUT2D eigenvalue weighted by atomic mass is 19.3. The average Bonchev–Trinajstić information content (AvgIpc) is 3.01. The largest absolute Gasteiger partial charge is 0.347 e. The molecule has 2 fully saturated rings. The molecule has 3 heterocycles. The molecule has 1 aromatic carbocycles. The number of fused-ring (bicyclic) bond motifs is 4. The highest BCUT2D eigenvalue weighted by Crippen LogP contribution is 2.45. The van der Waals surface area contributed by atoms with E-state index < -0.39 is 66.1 Å². The maximum absolute atomic E-state index is 14.3. The zero-order valence-electron chi connectivity index (χ0n) is 26.2. The van der Waals surface area contributed by atoms with Gasteiger partial charge in [-0.15, -0.1) is 0 Å². The molecule has 12 heteroatoms. The number of nitrogens with zero attached hydrogens (tertiary/aromatic N) is 2. The number of hydrogen-bond donors (Lipinski definition) is 4. The standard InChI is InChI=1S/C33H42F2N6O4/c1-19(2)27-29(43)37-21(4)30(44)41-17-5-6-25(40-41)28(42)36-20(3)24-10-9-23-8-7-22(18-26(23)38-24)11-12-32(31(45)39-27)13-15-33(34,35)16-14-32/h7-12,18-21,25,27,40H,5-6,13-17H2,1-4H3,(H,36,42)(H,37,43)(H,39,45)/t20-,21+,25+,27+/m1/s1. The van der Waals surface area contributed by atoms with E-state index in [0.29, 0.717) is 30.6 Å². The summed E-state index contributed by atoms with van der Waals surface area (Å²) in [5.41, 5.74) is 3.80. The van der Waals surface area contributed by atoms with Crippen LogP contribution in [0.3, 0.4) is 0 Å². The monoisotopic (exact) mass is 624 g/mol. The summed E-state index contributed by atoms with van der Waals surface area (Å²) in [6.45, 7) is 7.27. The van der Waals surface area contributed by atoms with Gasteiger partial charge in [0.15, 0.2) is 0 Å². The number of halogens is 2. The molecule has 5 bridgehead atoms. The number of hydrazine groups is 1. The SMILES string of the molecule is CC(C)[C@@H]1NC(=O)C2(C=Cc3ccc4ccc(nc4c3)[C@@H](C)NC(=O)[C@@H]3CCCN(N3)C(=O)[C@H](C)NC1=O)CCC(F)(F)CC2. The number of pyridine rings is 1. The summed E-state index contributed by atoms with van der Waals surface area (Å²) < 4.78 is 28.6. The summed E-state index contributed by atoms with van der Waals surface area (Å²) in [5, 5.41) is 10.8. The van der Waals surface area contributed by atoms with Gasteiger partial charge in [0, 0.05) is 24.8 Å². The van der Waals surface area contributed by atoms with Gasteiger partial charge in [-0.3, -0.25) is 29.2 Å². The summed E-state index contributed by atoms with van der Waals surface area (Å²) in [6, 6.07) is 6.34. The van der Waals surface area contributed by atoms with Crippen molar-refractivity contribution >= 4 is 40.6 Å². The lowest BCUT2D eigenvalue weighted by Crippen LogP contribution is -2.62. The highest BCUT2D eigenvalue weighted by Gasteiger charge is 2.47. The number of benzene rings is 1. The van der Waals surface area contributed by atoms with Crippen LogP contribution in [0.4, 0.5) is 8.78 Å². The second-order valence-corrected chi connectivity index (χ2v) is 13.0. The molecule has 1 saturated carbocycles. The van der Waals surface area contributed by atoms with Crippen LogP contribution in [-0.2, 0) is 19.2 Å². The molecule has 0 unspecified atom stereocenters. The van der Waals surface area contributed by atoms with E-state index in [0.717, 1.165) is 10.9 Å². The van der Waals surface area contributed by atoms with Crippen molar-refractivity contribution in [3.8, 4) is 0 Å². The van der Waals surface area contributed by atoms with Gasteiger partial charge < -0.3 is 16.0 Å². The van der Waals surface area contributed by atoms with Gasteiger partial charge in [0.2, 0.25) is 23.6 Å². The minimum Gasteiger partial charge on any atom is -0.347 e. The van der Waals surface area contributed by atoms with Crippen LogP contribution in [0, 0.1) is 11.3 Å². The van der Waals surface area contributed by atoms with Gasteiger partial charge >= 0.3 is 0 Å². The molecule has 2 aliphatic heterocycles. The van der Waals surface area contributed by atoms with Crippen molar-refractivity contribution in [1.82, 2.24) is 31.4 Å². The first-order chi connectivity index (χ1) is 21.3. The fourth-order valence-corrected chi connectivity index (χ4v) is 6.22. The molecule has 4 N–H and O–H groups in total. The first kappa shape index (κ1) is 32.5. The molecule has 1 saturated heterocycles. The summed E-state index contributed by atoms with van der Waals surface area (Å²) in [4.78, 5) is 58.7. The number of alkyl halides is 2. The van der Waals surface area contributed by atoms with Gasteiger partial charge in [0.1, 0.15) is 18.1 Å². The Bertz CT molecular complexity index is 1500. The van der Waals surface area contributed by atoms with Crippen molar-refractivity contribution in [2.45, 2.75) is 96.3 Å². The number of carbonyl (C=O) groups excluding carboxylic acids is 4. The van der Waals surface area contributed by atoms with E-state index in [1.165, 1.54) is 5.01 Å². The van der Waals surface area contributed by atoms with Crippen molar-refractivity contribution < 1.29 is 28.0 Å². The fourth-order valence-electron chi connectivity index (χ4n) is 6.22. The third-order valence-electron chi connectivity index (χ3n) is 9.19. The molecule has 4 atom stereocenters. The van der Waals surface area contributed by atoms with Gasteiger partial charge in [-0.25, -0.2) is 14.2 Å². The van der Waals surface area contributed by atoms with E-state index in [2.05, 4.69) is 21.4 Å². The Morgan fingerprint density at radius 1 is 0.911 bits per heavy atom. The second-order valence-electron chi connectivity index (χ2n) is 13.0. The molecule has 2 aromatic rings. The lowest BCUT2D eigenvalue weighted by molar-refractivity contribution is -0.143. The smallest absolute Gasteiger partial charge is 0.258 e. The van der Waals surface area contributed by atoms with Crippen LogP contribution >= 0.6 is 0 Å². The first-order valence-corrected chi connectivity index (χ1v) is 15.7. The number of nitrogens with one attached hydrogen (secondary N) is 4. The van der Waals surface area contributed by atoms with Crippen molar-refractivity contribution in [2.24, 2.45) is 11.3 Å². The molecule has 45 heavy (non-hydrogen) atoms. The predicted molar refractivity (Wildman–Crippen MR) is 165 cm³/mol. The Kier molecular flexibility index (Phi) is 9.25. The van der Waals surface area contributed by atoms with Crippen LogP contribution in [0.5, 0.6) is 0 Å². The first-order valence-electron chi connectivity index (χ1n) is 15.7. The Balaban J connectivity index is 1.54. The normalized spacial score (nSPS) is 27.8. The predicted octanol–water partition coefficient (Wildman–Crippen LogP) is 3.78. The van der Waals surface area contributed by atoms with Gasteiger partial charge in [-0.2, -0.15) is 0 Å².